The van der Waals surface area contributed by atoms with Crippen molar-refractivity contribution in [1.29, 1.82) is 0 Å². The Labute approximate surface area is 202 Å². The van der Waals surface area contributed by atoms with E-state index in [-0.39, 0.29) is 58.9 Å². The van der Waals surface area contributed by atoms with Crippen molar-refractivity contribution in [2.45, 2.75) is 57.2 Å². The van der Waals surface area contributed by atoms with Gasteiger partial charge in [0.1, 0.15) is 6.04 Å². The summed E-state index contributed by atoms with van der Waals surface area (Å²) in [5, 5.41) is 3.00. The highest BCUT2D eigenvalue weighted by Gasteiger charge is 2.44. The van der Waals surface area contributed by atoms with Crippen LogP contribution in [-0.4, -0.2) is 69.5 Å². The van der Waals surface area contributed by atoms with E-state index in [0.717, 1.165) is 43.9 Å². The molecule has 3 aliphatic heterocycles. The van der Waals surface area contributed by atoms with Gasteiger partial charge in [-0.15, -0.1) is 0 Å². The molecule has 4 atom stereocenters. The number of hydrogen-bond donors (Lipinski definition) is 1. The molecular weight excluding hydrogens is 454 g/mol. The van der Waals surface area contributed by atoms with Gasteiger partial charge in [0.05, 0.1) is 23.0 Å². The predicted molar refractivity (Wildman–Crippen MR) is 126 cm³/mol. The van der Waals surface area contributed by atoms with Crippen LogP contribution in [0, 0.1) is 11.8 Å². The molecule has 180 valence electrons. The lowest BCUT2D eigenvalue weighted by atomic mass is 9.78. The lowest BCUT2D eigenvalue weighted by Gasteiger charge is -2.40. The highest BCUT2D eigenvalue weighted by atomic mass is 32.2. The Bertz CT molecular complexity index is 992. The number of benzene rings is 1. The van der Waals surface area contributed by atoms with Crippen LogP contribution in [0.3, 0.4) is 0 Å². The second-order valence-corrected chi connectivity index (χ2v) is 10.6. The number of carbonyl (C=O) groups is 5. The van der Waals surface area contributed by atoms with Crippen molar-refractivity contribution in [2.24, 2.45) is 11.8 Å². The second kappa shape index (κ2) is 9.62. The molecule has 3 amide bonds. The Morgan fingerprint density at radius 3 is 2.29 bits per heavy atom. The summed E-state index contributed by atoms with van der Waals surface area (Å²) in [6.07, 6.45) is 5.51. The molecule has 0 spiro atoms. The maximum atomic E-state index is 13.5. The van der Waals surface area contributed by atoms with Crippen LogP contribution >= 0.6 is 11.8 Å². The van der Waals surface area contributed by atoms with Crippen LogP contribution in [0.25, 0.3) is 0 Å². The first-order chi connectivity index (χ1) is 16.5. The minimum absolute atomic E-state index is 0.0858. The molecule has 4 aliphatic rings. The van der Waals surface area contributed by atoms with Crippen molar-refractivity contribution in [1.82, 2.24) is 15.1 Å². The molecule has 2 saturated heterocycles. The summed E-state index contributed by atoms with van der Waals surface area (Å²) in [4.78, 5) is 67.0. The molecule has 9 heteroatoms. The summed E-state index contributed by atoms with van der Waals surface area (Å²) in [5.41, 5.74) is 0.844. The van der Waals surface area contributed by atoms with Crippen molar-refractivity contribution in [3.05, 3.63) is 35.4 Å². The smallest absolute Gasteiger partial charge is 0.261 e. The van der Waals surface area contributed by atoms with Gasteiger partial charge in [0.2, 0.25) is 11.0 Å². The predicted octanol–water partition coefficient (Wildman–Crippen LogP) is 2.23. The molecule has 3 heterocycles. The number of nitrogens with zero attached hydrogens (tertiary/aromatic N) is 2. The first-order valence-corrected chi connectivity index (χ1v) is 13.1. The Morgan fingerprint density at radius 2 is 1.62 bits per heavy atom. The molecule has 34 heavy (non-hydrogen) atoms. The number of fused-ring (bicyclic) bond motifs is 1. The number of likely N-dealkylation sites (tertiary alicyclic amines) is 1. The van der Waals surface area contributed by atoms with Crippen LogP contribution in [0.15, 0.2) is 24.3 Å². The van der Waals surface area contributed by atoms with Crippen molar-refractivity contribution in [3.8, 4) is 0 Å². The van der Waals surface area contributed by atoms with Gasteiger partial charge in [-0.2, -0.15) is 0 Å². The number of ketones is 1. The molecule has 8 nitrogen and oxygen atoms in total. The van der Waals surface area contributed by atoms with E-state index in [1.54, 1.807) is 24.3 Å². The average molecular weight is 484 g/mol. The summed E-state index contributed by atoms with van der Waals surface area (Å²) in [7, 11) is 0. The highest BCUT2D eigenvalue weighted by molar-refractivity contribution is 8.15. The van der Waals surface area contributed by atoms with E-state index >= 15 is 0 Å². The Morgan fingerprint density at radius 1 is 0.941 bits per heavy atom. The molecule has 1 N–H and O–H groups in total. The van der Waals surface area contributed by atoms with Gasteiger partial charge in [0.15, 0.2) is 5.78 Å². The lowest BCUT2D eigenvalue weighted by Crippen LogP contribution is -2.59. The number of hydrogen-bond acceptors (Lipinski definition) is 7. The molecule has 0 radical (unpaired) electrons. The molecule has 5 rings (SSSR count). The average Bonchev–Trinajstić information content (AvgIpc) is 3.31. The third kappa shape index (κ3) is 4.20. The molecule has 1 aromatic carbocycles. The fourth-order valence-corrected chi connectivity index (χ4v) is 6.72. The minimum atomic E-state index is -0.768. The molecule has 1 aliphatic carbocycles. The van der Waals surface area contributed by atoms with Crippen LogP contribution in [0.4, 0.5) is 0 Å². The fourth-order valence-electron chi connectivity index (χ4n) is 5.85. The molecular formula is C25H29N3O5S. The van der Waals surface area contributed by atoms with E-state index in [1.165, 1.54) is 4.90 Å². The monoisotopic (exact) mass is 483 g/mol. The van der Waals surface area contributed by atoms with Crippen LogP contribution < -0.4 is 5.32 Å². The normalized spacial score (nSPS) is 30.1. The summed E-state index contributed by atoms with van der Waals surface area (Å²) >= 11 is 1.06. The SMILES string of the molecule is O=C(NC1CCCCN1C1C(=O)CSC1=O)C1CCCCC1CN1C(=O)c2ccccc2C1=O. The van der Waals surface area contributed by atoms with E-state index in [9.17, 15) is 24.0 Å². The zero-order chi connectivity index (χ0) is 23.8. The fraction of sp³-hybridized carbons (Fsp3) is 0.560. The maximum Gasteiger partial charge on any atom is 0.261 e. The molecule has 1 aromatic rings. The van der Waals surface area contributed by atoms with Crippen molar-refractivity contribution in [3.63, 3.8) is 0 Å². The quantitative estimate of drug-likeness (QED) is 0.506. The summed E-state index contributed by atoms with van der Waals surface area (Å²) in [6, 6.07) is 6.07. The summed E-state index contributed by atoms with van der Waals surface area (Å²) < 4.78 is 0. The summed E-state index contributed by atoms with van der Waals surface area (Å²) in [5.74, 6) is -1.00. The number of thioether (sulfide) groups is 1. The van der Waals surface area contributed by atoms with E-state index in [0.29, 0.717) is 30.5 Å². The lowest BCUT2D eigenvalue weighted by molar-refractivity contribution is -0.136. The van der Waals surface area contributed by atoms with Crippen LogP contribution in [-0.2, 0) is 14.4 Å². The topological polar surface area (TPSA) is 104 Å². The number of imide groups is 1. The number of rotatable bonds is 5. The molecule has 4 unspecified atom stereocenters. The Balaban J connectivity index is 1.29. The molecule has 1 saturated carbocycles. The number of Topliss-reactive ketones (excluding diaryl/α,β-unsaturated/α-hetero) is 1. The van der Waals surface area contributed by atoms with Crippen molar-refractivity contribution < 1.29 is 24.0 Å². The maximum absolute atomic E-state index is 13.5. The number of nitrogens with one attached hydrogen (secondary N) is 1. The zero-order valence-electron chi connectivity index (χ0n) is 19.0. The largest absolute Gasteiger partial charge is 0.340 e. The number of piperidine rings is 1. The van der Waals surface area contributed by atoms with E-state index < -0.39 is 6.04 Å². The van der Waals surface area contributed by atoms with E-state index in [1.807, 2.05) is 4.90 Å². The van der Waals surface area contributed by atoms with Gasteiger partial charge < -0.3 is 5.32 Å². The van der Waals surface area contributed by atoms with Gasteiger partial charge in [-0.3, -0.25) is 33.8 Å². The third-order valence-corrected chi connectivity index (χ3v) is 8.55. The van der Waals surface area contributed by atoms with Gasteiger partial charge >= 0.3 is 0 Å². The zero-order valence-corrected chi connectivity index (χ0v) is 19.9. The van der Waals surface area contributed by atoms with E-state index in [2.05, 4.69) is 5.32 Å². The van der Waals surface area contributed by atoms with Crippen LogP contribution in [0.1, 0.15) is 65.7 Å². The first kappa shape index (κ1) is 23.2. The summed E-state index contributed by atoms with van der Waals surface area (Å²) in [6.45, 7) is 0.839. The van der Waals surface area contributed by atoms with Crippen molar-refractivity contribution >= 4 is 40.4 Å². The number of carbonyl (C=O) groups excluding carboxylic acids is 5. The molecule has 0 bridgehead atoms. The third-order valence-electron chi connectivity index (χ3n) is 7.61. The van der Waals surface area contributed by atoms with Gasteiger partial charge in [-0.1, -0.05) is 36.7 Å². The Kier molecular flexibility index (Phi) is 6.57. The molecule has 0 aromatic heterocycles. The van der Waals surface area contributed by atoms with Gasteiger partial charge in [-0.25, -0.2) is 0 Å². The first-order valence-electron chi connectivity index (χ1n) is 12.2. The standard InChI is InChI=1S/C25H29N3O5S/c29-19-14-34-25(33)21(19)27-12-6-5-11-20(27)26-22(30)16-8-2-1-7-15(16)13-28-23(31)17-9-3-4-10-18(17)24(28)32/h3-4,9-10,15-16,20-21H,1-2,5-8,11-14H2,(H,26,30). The van der Waals surface area contributed by atoms with Crippen LogP contribution in [0.5, 0.6) is 0 Å². The van der Waals surface area contributed by atoms with Gasteiger partial charge in [0.25, 0.3) is 11.8 Å². The Hall–Kier alpha value is -2.52. The molecule has 3 fully saturated rings. The van der Waals surface area contributed by atoms with E-state index in [4.69, 9.17) is 0 Å². The van der Waals surface area contributed by atoms with Crippen LogP contribution in [0.2, 0.25) is 0 Å². The minimum Gasteiger partial charge on any atom is -0.340 e. The van der Waals surface area contributed by atoms with Gasteiger partial charge in [-0.05, 0) is 50.2 Å². The van der Waals surface area contributed by atoms with Gasteiger partial charge in [0, 0.05) is 19.0 Å². The van der Waals surface area contributed by atoms with Crippen molar-refractivity contribution in [2.75, 3.05) is 18.8 Å². The second-order valence-electron chi connectivity index (χ2n) is 9.65. The highest BCUT2D eigenvalue weighted by Crippen LogP contribution is 2.34. The number of amides is 3.